The first-order valence-corrected chi connectivity index (χ1v) is 10.1. The van der Waals surface area contributed by atoms with E-state index in [0.717, 1.165) is 36.3 Å². The molecular formula is C23H34N2O4. The molecule has 1 aromatic rings. The average molecular weight is 403 g/mol. The number of hydrogen-bond donors (Lipinski definition) is 0. The van der Waals surface area contributed by atoms with Gasteiger partial charge in [-0.1, -0.05) is 11.6 Å². The van der Waals surface area contributed by atoms with Gasteiger partial charge in [0, 0.05) is 38.3 Å². The highest BCUT2D eigenvalue weighted by Gasteiger charge is 2.26. The lowest BCUT2D eigenvalue weighted by atomic mass is 9.97. The van der Waals surface area contributed by atoms with Gasteiger partial charge in [-0.3, -0.25) is 4.79 Å². The third-order valence-electron chi connectivity index (χ3n) is 4.86. The monoisotopic (exact) mass is 402 g/mol. The maximum absolute atomic E-state index is 12.7. The lowest BCUT2D eigenvalue weighted by molar-refractivity contribution is -0.127. The van der Waals surface area contributed by atoms with Crippen LogP contribution in [0.5, 0.6) is 5.75 Å². The second-order valence-electron chi connectivity index (χ2n) is 8.73. The van der Waals surface area contributed by atoms with Crippen molar-refractivity contribution in [1.29, 1.82) is 0 Å². The maximum Gasteiger partial charge on any atom is 0.410 e. The second kappa shape index (κ2) is 9.81. The molecule has 1 unspecified atom stereocenters. The molecule has 1 fully saturated rings. The van der Waals surface area contributed by atoms with Crippen LogP contribution in [0.25, 0.3) is 6.08 Å². The molecule has 0 aromatic heterocycles. The second-order valence-corrected chi connectivity index (χ2v) is 8.73. The van der Waals surface area contributed by atoms with E-state index in [0.29, 0.717) is 13.1 Å². The molecule has 2 rings (SSSR count). The summed E-state index contributed by atoms with van der Waals surface area (Å²) in [6, 6.07) is 5.88. The number of piperidine rings is 1. The summed E-state index contributed by atoms with van der Waals surface area (Å²) in [4.78, 5) is 28.4. The topological polar surface area (TPSA) is 59.1 Å². The van der Waals surface area contributed by atoms with Crippen molar-refractivity contribution in [1.82, 2.24) is 9.80 Å². The smallest absolute Gasteiger partial charge is 0.410 e. The molecule has 1 aromatic carbocycles. The number of aryl methyl sites for hydroxylation is 1. The quantitative estimate of drug-likeness (QED) is 0.695. The van der Waals surface area contributed by atoms with Crippen LogP contribution in [-0.2, 0) is 9.53 Å². The van der Waals surface area contributed by atoms with E-state index >= 15 is 0 Å². The van der Waals surface area contributed by atoms with Gasteiger partial charge in [-0.15, -0.1) is 0 Å². The molecule has 0 bridgehead atoms. The Hall–Kier alpha value is -2.50. The molecule has 1 aliphatic rings. The molecule has 0 spiro atoms. The standard InChI is InChI=1S/C23H34N2O4/c1-17-9-11-20(28-6)19(14-17)10-12-21(26)25-13-7-8-18(16-25)15-24(5)22(27)29-23(2,3)4/h9-12,14,18H,7-8,13,15-16H2,1-6H3/b12-10+. The molecule has 1 saturated heterocycles. The highest BCUT2D eigenvalue weighted by atomic mass is 16.6. The number of carbonyl (C=O) groups is 2. The first-order chi connectivity index (χ1) is 13.6. The van der Waals surface area contributed by atoms with Gasteiger partial charge >= 0.3 is 6.09 Å². The van der Waals surface area contributed by atoms with E-state index in [4.69, 9.17) is 9.47 Å². The maximum atomic E-state index is 12.7. The normalized spacial score (nSPS) is 17.3. The zero-order chi connectivity index (χ0) is 21.6. The third-order valence-corrected chi connectivity index (χ3v) is 4.86. The number of rotatable bonds is 5. The Morgan fingerprint density at radius 1 is 1.31 bits per heavy atom. The molecule has 0 aliphatic carbocycles. The Bertz CT molecular complexity index is 752. The Kier molecular flexibility index (Phi) is 7.71. The van der Waals surface area contributed by atoms with Gasteiger partial charge in [-0.05, 0) is 64.7 Å². The summed E-state index contributed by atoms with van der Waals surface area (Å²) in [5.41, 5.74) is 1.49. The van der Waals surface area contributed by atoms with Gasteiger partial charge in [0.05, 0.1) is 7.11 Å². The summed E-state index contributed by atoms with van der Waals surface area (Å²) in [6.45, 7) is 9.53. The number of amides is 2. The Morgan fingerprint density at radius 3 is 2.69 bits per heavy atom. The third kappa shape index (κ3) is 7.11. The summed E-state index contributed by atoms with van der Waals surface area (Å²) in [5.74, 6) is 0.973. The van der Waals surface area contributed by atoms with Gasteiger partial charge in [-0.25, -0.2) is 4.79 Å². The first kappa shape index (κ1) is 22.8. The Morgan fingerprint density at radius 2 is 2.03 bits per heavy atom. The van der Waals surface area contributed by atoms with Crippen molar-refractivity contribution in [3.05, 3.63) is 35.4 Å². The summed E-state index contributed by atoms with van der Waals surface area (Å²) in [6.07, 6.45) is 5.02. The number of ether oxygens (including phenoxy) is 2. The van der Waals surface area contributed by atoms with Crippen molar-refractivity contribution >= 4 is 18.1 Å². The number of methoxy groups -OCH3 is 1. The number of nitrogens with zero attached hydrogens (tertiary/aromatic N) is 2. The zero-order valence-electron chi connectivity index (χ0n) is 18.5. The van der Waals surface area contributed by atoms with Gasteiger partial charge in [-0.2, -0.15) is 0 Å². The molecule has 1 atom stereocenters. The van der Waals surface area contributed by atoms with Gasteiger partial charge < -0.3 is 19.3 Å². The Labute approximate surface area is 174 Å². The summed E-state index contributed by atoms with van der Waals surface area (Å²) >= 11 is 0. The van der Waals surface area contributed by atoms with E-state index in [9.17, 15) is 9.59 Å². The van der Waals surface area contributed by atoms with E-state index in [-0.39, 0.29) is 17.9 Å². The van der Waals surface area contributed by atoms with Crippen LogP contribution >= 0.6 is 0 Å². The van der Waals surface area contributed by atoms with E-state index in [1.807, 2.05) is 56.9 Å². The van der Waals surface area contributed by atoms with E-state index in [2.05, 4.69) is 0 Å². The molecule has 6 heteroatoms. The number of hydrogen-bond acceptors (Lipinski definition) is 4. The highest BCUT2D eigenvalue weighted by Crippen LogP contribution is 2.22. The molecule has 160 valence electrons. The lowest BCUT2D eigenvalue weighted by Crippen LogP contribution is -2.44. The van der Waals surface area contributed by atoms with Crippen molar-refractivity contribution in [2.75, 3.05) is 33.8 Å². The van der Waals surface area contributed by atoms with E-state index in [1.54, 1.807) is 25.1 Å². The van der Waals surface area contributed by atoms with Gasteiger partial charge in [0.1, 0.15) is 11.4 Å². The molecule has 6 nitrogen and oxygen atoms in total. The molecule has 2 amide bonds. The van der Waals surface area contributed by atoms with Crippen molar-refractivity contribution in [2.45, 2.75) is 46.1 Å². The van der Waals surface area contributed by atoms with Gasteiger partial charge in [0.15, 0.2) is 0 Å². The fraction of sp³-hybridized carbons (Fsp3) is 0.565. The SMILES string of the molecule is COc1ccc(C)cc1/C=C/C(=O)N1CCCC(CN(C)C(=O)OC(C)(C)C)C1. The minimum atomic E-state index is -0.512. The van der Waals surface area contributed by atoms with Crippen LogP contribution in [0.3, 0.4) is 0 Å². The van der Waals surface area contributed by atoms with Crippen LogP contribution in [0.1, 0.15) is 44.7 Å². The van der Waals surface area contributed by atoms with Gasteiger partial charge in [0.2, 0.25) is 5.91 Å². The van der Waals surface area contributed by atoms with Crippen molar-refractivity contribution in [3.8, 4) is 5.75 Å². The predicted octanol–water partition coefficient (Wildman–Crippen LogP) is 4.12. The molecule has 0 saturated carbocycles. The van der Waals surface area contributed by atoms with E-state index < -0.39 is 5.60 Å². The van der Waals surface area contributed by atoms with Crippen LogP contribution in [-0.4, -0.2) is 61.2 Å². The van der Waals surface area contributed by atoms with Crippen molar-refractivity contribution in [2.24, 2.45) is 5.92 Å². The number of benzene rings is 1. The molecule has 0 N–H and O–H groups in total. The Balaban J connectivity index is 1.95. The van der Waals surface area contributed by atoms with E-state index in [1.165, 1.54) is 0 Å². The fourth-order valence-electron chi connectivity index (χ4n) is 3.47. The molecular weight excluding hydrogens is 368 g/mol. The summed E-state index contributed by atoms with van der Waals surface area (Å²) < 4.78 is 10.8. The molecule has 1 heterocycles. The van der Waals surface area contributed by atoms with Crippen molar-refractivity contribution < 1.29 is 19.1 Å². The minimum absolute atomic E-state index is 0.0156. The van der Waals surface area contributed by atoms with Crippen LogP contribution in [0, 0.1) is 12.8 Å². The molecule has 1 aliphatic heterocycles. The largest absolute Gasteiger partial charge is 0.496 e. The van der Waals surface area contributed by atoms with Crippen LogP contribution in [0.4, 0.5) is 4.79 Å². The predicted molar refractivity (Wildman–Crippen MR) is 115 cm³/mol. The highest BCUT2D eigenvalue weighted by molar-refractivity contribution is 5.92. The average Bonchev–Trinajstić information content (AvgIpc) is 2.65. The number of likely N-dealkylation sites (tertiary alicyclic amines) is 1. The van der Waals surface area contributed by atoms with Crippen LogP contribution < -0.4 is 4.74 Å². The van der Waals surface area contributed by atoms with Crippen LogP contribution in [0.15, 0.2) is 24.3 Å². The summed E-state index contributed by atoms with van der Waals surface area (Å²) in [5, 5.41) is 0. The summed E-state index contributed by atoms with van der Waals surface area (Å²) in [7, 11) is 3.37. The molecule has 29 heavy (non-hydrogen) atoms. The minimum Gasteiger partial charge on any atom is -0.496 e. The lowest BCUT2D eigenvalue weighted by Gasteiger charge is -2.34. The van der Waals surface area contributed by atoms with Crippen molar-refractivity contribution in [3.63, 3.8) is 0 Å². The molecule has 0 radical (unpaired) electrons. The number of carbonyl (C=O) groups excluding carboxylic acids is 2. The first-order valence-electron chi connectivity index (χ1n) is 10.1. The fourth-order valence-corrected chi connectivity index (χ4v) is 3.47. The van der Waals surface area contributed by atoms with Gasteiger partial charge in [0.25, 0.3) is 0 Å². The van der Waals surface area contributed by atoms with Crippen LogP contribution in [0.2, 0.25) is 0 Å². The zero-order valence-corrected chi connectivity index (χ0v) is 18.5.